The number of amides is 1. The molecule has 0 aromatic heterocycles. The Bertz CT molecular complexity index is 848. The van der Waals surface area contributed by atoms with Gasteiger partial charge in [0.2, 0.25) is 10.0 Å². The zero-order valence-corrected chi connectivity index (χ0v) is 16.0. The normalized spacial score (nSPS) is 12.4. The molecule has 0 fully saturated rings. The van der Waals surface area contributed by atoms with Crippen molar-refractivity contribution < 1.29 is 17.9 Å². The van der Waals surface area contributed by atoms with E-state index in [9.17, 15) is 13.2 Å². The Morgan fingerprint density at radius 1 is 1.12 bits per heavy atom. The summed E-state index contributed by atoms with van der Waals surface area (Å²) < 4.78 is 32.3. The van der Waals surface area contributed by atoms with Crippen LogP contribution in [0.1, 0.15) is 25.8 Å². The third kappa shape index (κ3) is 5.31. The van der Waals surface area contributed by atoms with Crippen LogP contribution in [-0.4, -0.2) is 27.0 Å². The second kappa shape index (κ2) is 8.82. The highest BCUT2D eigenvalue weighted by molar-refractivity contribution is 7.89. The summed E-state index contributed by atoms with van der Waals surface area (Å²) in [5.74, 6) is 0.339. The molecule has 2 aromatic rings. The molecule has 1 atom stereocenters. The van der Waals surface area contributed by atoms with Crippen molar-refractivity contribution in [1.29, 1.82) is 0 Å². The Balaban J connectivity index is 2.00. The largest absolute Gasteiger partial charge is 0.481 e. The second-order valence-corrected chi connectivity index (χ2v) is 7.70. The Morgan fingerprint density at radius 3 is 2.38 bits per heavy atom. The van der Waals surface area contributed by atoms with E-state index >= 15 is 0 Å². The Morgan fingerprint density at radius 2 is 1.77 bits per heavy atom. The van der Waals surface area contributed by atoms with Crippen molar-refractivity contribution >= 4 is 21.6 Å². The molecule has 0 radical (unpaired) electrons. The van der Waals surface area contributed by atoms with Crippen LogP contribution in [0.4, 0.5) is 5.69 Å². The number of hydrogen-bond acceptors (Lipinski definition) is 4. The van der Waals surface area contributed by atoms with E-state index in [1.165, 1.54) is 12.1 Å². The van der Waals surface area contributed by atoms with Crippen molar-refractivity contribution in [2.24, 2.45) is 0 Å². The maximum atomic E-state index is 12.3. The van der Waals surface area contributed by atoms with Crippen molar-refractivity contribution in [2.45, 2.75) is 38.2 Å². The number of aryl methyl sites for hydroxylation is 1. The molecule has 1 unspecified atom stereocenters. The fourth-order valence-corrected chi connectivity index (χ4v) is 3.35. The highest BCUT2D eigenvalue weighted by Gasteiger charge is 2.17. The molecule has 2 rings (SSSR count). The lowest BCUT2D eigenvalue weighted by atomic mass is 10.2. The second-order valence-electron chi connectivity index (χ2n) is 5.94. The van der Waals surface area contributed by atoms with Gasteiger partial charge in [-0.05, 0) is 56.2 Å². The molecule has 1 amide bonds. The number of carbonyl (C=O) groups excluding carboxylic acids is 1. The molecule has 0 aliphatic heterocycles. The summed E-state index contributed by atoms with van der Waals surface area (Å²) in [7, 11) is -3.52. The number of rotatable bonds is 8. The third-order valence-corrected chi connectivity index (χ3v) is 5.22. The number of nitrogens with one attached hydrogen (secondary N) is 2. The number of carbonyl (C=O) groups is 1. The number of hydrogen-bond donors (Lipinski definition) is 2. The zero-order valence-electron chi connectivity index (χ0n) is 15.2. The van der Waals surface area contributed by atoms with Gasteiger partial charge in [0.25, 0.3) is 5.91 Å². The van der Waals surface area contributed by atoms with Gasteiger partial charge in [0.05, 0.1) is 4.90 Å². The first-order chi connectivity index (χ1) is 12.3. The van der Waals surface area contributed by atoms with E-state index in [2.05, 4.69) is 10.0 Å². The summed E-state index contributed by atoms with van der Waals surface area (Å²) in [6.07, 6.45) is 0.0253. The Kier molecular flexibility index (Phi) is 6.76. The van der Waals surface area contributed by atoms with Crippen LogP contribution in [0, 0.1) is 6.92 Å². The SMILES string of the molecule is CCCNS(=O)(=O)c1ccc(NC(=O)C(C)Oc2ccccc2C)cc1. The van der Waals surface area contributed by atoms with Crippen molar-refractivity contribution in [2.75, 3.05) is 11.9 Å². The zero-order chi connectivity index (χ0) is 19.2. The average molecular weight is 376 g/mol. The van der Waals surface area contributed by atoms with Crippen LogP contribution in [-0.2, 0) is 14.8 Å². The van der Waals surface area contributed by atoms with Gasteiger partial charge >= 0.3 is 0 Å². The van der Waals surface area contributed by atoms with E-state index in [0.29, 0.717) is 24.4 Å². The van der Waals surface area contributed by atoms with Crippen LogP contribution >= 0.6 is 0 Å². The molecule has 0 saturated heterocycles. The lowest BCUT2D eigenvalue weighted by molar-refractivity contribution is -0.122. The van der Waals surface area contributed by atoms with Crippen LogP contribution in [0.5, 0.6) is 5.75 Å². The number of ether oxygens (including phenoxy) is 1. The van der Waals surface area contributed by atoms with Crippen LogP contribution in [0.15, 0.2) is 53.4 Å². The number of anilines is 1. The first kappa shape index (κ1) is 19.9. The maximum Gasteiger partial charge on any atom is 0.265 e. The lowest BCUT2D eigenvalue weighted by Gasteiger charge is -2.16. The monoisotopic (exact) mass is 376 g/mol. The smallest absolute Gasteiger partial charge is 0.265 e. The van der Waals surface area contributed by atoms with Crippen LogP contribution in [0.25, 0.3) is 0 Å². The summed E-state index contributed by atoms with van der Waals surface area (Å²) >= 11 is 0. The third-order valence-electron chi connectivity index (χ3n) is 3.74. The first-order valence-electron chi connectivity index (χ1n) is 8.46. The number of benzene rings is 2. The van der Waals surface area contributed by atoms with Crippen LogP contribution < -0.4 is 14.8 Å². The van der Waals surface area contributed by atoms with Gasteiger partial charge in [0.15, 0.2) is 6.10 Å². The van der Waals surface area contributed by atoms with E-state index in [-0.39, 0.29) is 10.8 Å². The van der Waals surface area contributed by atoms with Gasteiger partial charge in [-0.15, -0.1) is 0 Å². The average Bonchev–Trinajstić information content (AvgIpc) is 2.62. The van der Waals surface area contributed by atoms with Gasteiger partial charge in [0.1, 0.15) is 5.75 Å². The molecule has 140 valence electrons. The van der Waals surface area contributed by atoms with Gasteiger partial charge in [0, 0.05) is 12.2 Å². The molecular weight excluding hydrogens is 352 g/mol. The van der Waals surface area contributed by atoms with Gasteiger partial charge < -0.3 is 10.1 Å². The van der Waals surface area contributed by atoms with Gasteiger partial charge in [-0.3, -0.25) is 4.79 Å². The van der Waals surface area contributed by atoms with Crippen molar-refractivity contribution in [3.8, 4) is 5.75 Å². The summed E-state index contributed by atoms with van der Waals surface area (Å²) in [6, 6.07) is 13.5. The quantitative estimate of drug-likeness (QED) is 0.741. The van der Waals surface area contributed by atoms with E-state index < -0.39 is 16.1 Å². The fourth-order valence-electron chi connectivity index (χ4n) is 2.21. The van der Waals surface area contributed by atoms with Gasteiger partial charge in [-0.1, -0.05) is 25.1 Å². The Hall–Kier alpha value is -2.38. The van der Waals surface area contributed by atoms with Crippen molar-refractivity contribution in [3.05, 3.63) is 54.1 Å². The van der Waals surface area contributed by atoms with E-state index in [1.807, 2.05) is 38.1 Å². The Labute approximate surface area is 154 Å². The first-order valence-corrected chi connectivity index (χ1v) is 9.94. The predicted octanol–water partition coefficient (Wildman–Crippen LogP) is 3.09. The van der Waals surface area contributed by atoms with E-state index in [4.69, 9.17) is 4.74 Å². The molecule has 26 heavy (non-hydrogen) atoms. The van der Waals surface area contributed by atoms with E-state index in [1.54, 1.807) is 19.1 Å². The minimum atomic E-state index is -3.52. The molecule has 0 aliphatic rings. The van der Waals surface area contributed by atoms with Crippen LogP contribution in [0.3, 0.4) is 0 Å². The highest BCUT2D eigenvalue weighted by atomic mass is 32.2. The summed E-state index contributed by atoms with van der Waals surface area (Å²) in [5.41, 5.74) is 1.45. The van der Waals surface area contributed by atoms with E-state index in [0.717, 1.165) is 5.56 Å². The van der Waals surface area contributed by atoms with Gasteiger partial charge in [-0.2, -0.15) is 0 Å². The molecule has 7 heteroatoms. The predicted molar refractivity (Wildman–Crippen MR) is 102 cm³/mol. The van der Waals surface area contributed by atoms with Gasteiger partial charge in [-0.25, -0.2) is 13.1 Å². The number of sulfonamides is 1. The molecule has 0 saturated carbocycles. The summed E-state index contributed by atoms with van der Waals surface area (Å²) in [4.78, 5) is 12.4. The molecule has 0 bridgehead atoms. The highest BCUT2D eigenvalue weighted by Crippen LogP contribution is 2.19. The minimum Gasteiger partial charge on any atom is -0.481 e. The summed E-state index contributed by atoms with van der Waals surface area (Å²) in [5, 5.41) is 2.72. The fraction of sp³-hybridized carbons (Fsp3) is 0.316. The van der Waals surface area contributed by atoms with Crippen LogP contribution in [0.2, 0.25) is 0 Å². The standard InChI is InChI=1S/C19H24N2O4S/c1-4-13-20-26(23,24)17-11-9-16(10-12-17)21-19(22)15(3)25-18-8-6-5-7-14(18)2/h5-12,15,20H,4,13H2,1-3H3,(H,21,22). The summed E-state index contributed by atoms with van der Waals surface area (Å²) in [6.45, 7) is 5.84. The molecule has 0 spiro atoms. The lowest BCUT2D eigenvalue weighted by Crippen LogP contribution is -2.30. The molecule has 0 aliphatic carbocycles. The molecule has 2 aromatic carbocycles. The maximum absolute atomic E-state index is 12.3. The minimum absolute atomic E-state index is 0.160. The molecule has 6 nitrogen and oxygen atoms in total. The number of para-hydroxylation sites is 1. The topological polar surface area (TPSA) is 84.5 Å². The molecular formula is C19H24N2O4S. The van der Waals surface area contributed by atoms with Crippen molar-refractivity contribution in [1.82, 2.24) is 4.72 Å². The molecule has 0 heterocycles. The van der Waals surface area contributed by atoms with Crippen molar-refractivity contribution in [3.63, 3.8) is 0 Å². The molecule has 2 N–H and O–H groups in total.